The molecule has 2 aromatic rings. The van der Waals surface area contributed by atoms with Gasteiger partial charge in [-0.3, -0.25) is 0 Å². The van der Waals surface area contributed by atoms with Gasteiger partial charge in [-0.2, -0.15) is 8.78 Å². The van der Waals surface area contributed by atoms with Crippen molar-refractivity contribution in [1.82, 2.24) is 5.32 Å². The van der Waals surface area contributed by atoms with Crippen molar-refractivity contribution in [3.05, 3.63) is 53.3 Å². The molecule has 0 spiro atoms. The lowest BCUT2D eigenvalue weighted by Crippen LogP contribution is -2.33. The standard InChI is InChI=1S/C20H24F3NO4/c1-12(18(27-4)14-7-5-6-8-15(14)21)24-11-13-9-16(25-2)19(28-20(22)23)17(10-13)26-3/h5-10,12,18,20,24H,11H2,1-4H3/t12-,18-/m0/s1. The van der Waals surface area contributed by atoms with Crippen LogP contribution in [0.5, 0.6) is 17.2 Å². The molecule has 0 aliphatic carbocycles. The van der Waals surface area contributed by atoms with Crippen molar-refractivity contribution in [1.29, 1.82) is 0 Å². The van der Waals surface area contributed by atoms with E-state index in [1.165, 1.54) is 27.4 Å². The van der Waals surface area contributed by atoms with Crippen molar-refractivity contribution in [3.8, 4) is 17.2 Å². The Morgan fingerprint density at radius 3 is 2.11 bits per heavy atom. The summed E-state index contributed by atoms with van der Waals surface area (Å²) in [4.78, 5) is 0. The van der Waals surface area contributed by atoms with Crippen LogP contribution in [-0.2, 0) is 11.3 Å². The SMILES string of the molecule is COc1cc(CN[C@@H](C)[C@H](OC)c2ccccc2F)cc(OC)c1OC(F)F. The molecular weight excluding hydrogens is 375 g/mol. The van der Waals surface area contributed by atoms with Crippen molar-refractivity contribution in [2.45, 2.75) is 32.2 Å². The fourth-order valence-electron chi connectivity index (χ4n) is 2.93. The predicted octanol–water partition coefficient (Wildman–Crippen LogP) is 4.31. The van der Waals surface area contributed by atoms with Gasteiger partial charge in [-0.05, 0) is 30.7 Å². The maximum atomic E-state index is 14.1. The Morgan fingerprint density at radius 2 is 1.61 bits per heavy atom. The summed E-state index contributed by atoms with van der Waals surface area (Å²) in [6.45, 7) is -0.796. The first kappa shape index (κ1) is 21.8. The maximum absolute atomic E-state index is 14.1. The minimum absolute atomic E-state index is 0.126. The Hall–Kier alpha value is -2.45. The molecule has 154 valence electrons. The third-order valence-electron chi connectivity index (χ3n) is 4.28. The molecule has 0 fully saturated rings. The second-order valence-corrected chi connectivity index (χ2v) is 6.06. The van der Waals surface area contributed by atoms with Crippen LogP contribution in [0, 0.1) is 5.82 Å². The van der Waals surface area contributed by atoms with Crippen LogP contribution in [0.1, 0.15) is 24.2 Å². The summed E-state index contributed by atoms with van der Waals surface area (Å²) in [5.74, 6) is -0.263. The highest BCUT2D eigenvalue weighted by Gasteiger charge is 2.22. The number of halogens is 3. The van der Waals surface area contributed by atoms with Crippen LogP contribution in [0.3, 0.4) is 0 Å². The first-order valence-corrected chi connectivity index (χ1v) is 8.61. The summed E-state index contributed by atoms with van der Waals surface area (Å²) in [5.41, 5.74) is 1.16. The highest BCUT2D eigenvalue weighted by atomic mass is 19.3. The van der Waals surface area contributed by atoms with Gasteiger partial charge in [-0.25, -0.2) is 4.39 Å². The number of hydrogen-bond acceptors (Lipinski definition) is 5. The van der Waals surface area contributed by atoms with Gasteiger partial charge in [-0.1, -0.05) is 18.2 Å². The van der Waals surface area contributed by atoms with Crippen molar-refractivity contribution in [2.24, 2.45) is 0 Å². The number of nitrogens with one attached hydrogen (secondary N) is 1. The number of hydrogen-bond donors (Lipinski definition) is 1. The molecule has 0 unspecified atom stereocenters. The van der Waals surface area contributed by atoms with Crippen LogP contribution in [-0.4, -0.2) is 34.0 Å². The molecule has 0 aliphatic heterocycles. The molecule has 2 aromatic carbocycles. The normalized spacial score (nSPS) is 13.3. The minimum atomic E-state index is -3.00. The second-order valence-electron chi connectivity index (χ2n) is 6.06. The summed E-state index contributed by atoms with van der Waals surface area (Å²) in [7, 11) is 4.22. The van der Waals surface area contributed by atoms with E-state index in [9.17, 15) is 13.2 Å². The topological polar surface area (TPSA) is 49.0 Å². The lowest BCUT2D eigenvalue weighted by molar-refractivity contribution is -0.0526. The molecular formula is C20H24F3NO4. The summed E-state index contributed by atoms with van der Waals surface area (Å²) in [6, 6.07) is 9.32. The Labute approximate surface area is 162 Å². The van der Waals surface area contributed by atoms with E-state index in [0.717, 1.165) is 0 Å². The largest absolute Gasteiger partial charge is 0.493 e. The van der Waals surface area contributed by atoms with Gasteiger partial charge >= 0.3 is 6.61 Å². The molecule has 0 radical (unpaired) electrons. The molecule has 0 amide bonds. The minimum Gasteiger partial charge on any atom is -0.493 e. The fraction of sp³-hybridized carbons (Fsp3) is 0.400. The lowest BCUT2D eigenvalue weighted by Gasteiger charge is -2.25. The van der Waals surface area contributed by atoms with E-state index >= 15 is 0 Å². The predicted molar refractivity (Wildman–Crippen MR) is 98.6 cm³/mol. The molecule has 2 rings (SSSR count). The van der Waals surface area contributed by atoms with Gasteiger partial charge in [0.05, 0.1) is 20.3 Å². The van der Waals surface area contributed by atoms with Crippen LogP contribution in [0.4, 0.5) is 13.2 Å². The number of benzene rings is 2. The number of alkyl halides is 2. The van der Waals surface area contributed by atoms with E-state index in [1.54, 1.807) is 30.3 Å². The zero-order chi connectivity index (χ0) is 20.7. The third kappa shape index (κ3) is 5.30. The van der Waals surface area contributed by atoms with Gasteiger partial charge in [0.15, 0.2) is 11.5 Å². The van der Waals surface area contributed by atoms with Crippen LogP contribution in [0.2, 0.25) is 0 Å². The van der Waals surface area contributed by atoms with Gasteiger partial charge in [-0.15, -0.1) is 0 Å². The Morgan fingerprint density at radius 1 is 1.00 bits per heavy atom. The second kappa shape index (κ2) is 10.2. The summed E-state index contributed by atoms with van der Waals surface area (Å²) in [5, 5.41) is 3.25. The number of ether oxygens (including phenoxy) is 4. The van der Waals surface area contributed by atoms with Crippen molar-refractivity contribution < 1.29 is 32.1 Å². The van der Waals surface area contributed by atoms with Crippen LogP contribution in [0.25, 0.3) is 0 Å². The third-order valence-corrected chi connectivity index (χ3v) is 4.28. The Bertz CT molecular complexity index is 748. The van der Waals surface area contributed by atoms with Crippen LogP contribution >= 0.6 is 0 Å². The lowest BCUT2D eigenvalue weighted by atomic mass is 10.0. The smallest absolute Gasteiger partial charge is 0.387 e. The van der Waals surface area contributed by atoms with Gasteiger partial charge in [0.1, 0.15) is 5.82 Å². The molecule has 28 heavy (non-hydrogen) atoms. The van der Waals surface area contributed by atoms with Crippen molar-refractivity contribution in [2.75, 3.05) is 21.3 Å². The number of methoxy groups -OCH3 is 3. The zero-order valence-electron chi connectivity index (χ0n) is 16.2. The molecule has 1 N–H and O–H groups in total. The van der Waals surface area contributed by atoms with E-state index in [4.69, 9.17) is 14.2 Å². The number of rotatable bonds is 10. The Balaban J connectivity index is 2.17. The first-order chi connectivity index (χ1) is 13.4. The molecule has 5 nitrogen and oxygen atoms in total. The van der Waals surface area contributed by atoms with Gasteiger partial charge < -0.3 is 24.3 Å². The van der Waals surface area contributed by atoms with E-state index in [2.05, 4.69) is 10.1 Å². The van der Waals surface area contributed by atoms with Crippen molar-refractivity contribution >= 4 is 0 Å². The summed E-state index contributed by atoms with van der Waals surface area (Å²) >= 11 is 0. The average molecular weight is 399 g/mol. The zero-order valence-corrected chi connectivity index (χ0v) is 16.2. The van der Waals surface area contributed by atoms with Gasteiger partial charge in [0.2, 0.25) is 5.75 Å². The van der Waals surface area contributed by atoms with E-state index < -0.39 is 12.7 Å². The molecule has 0 heterocycles. The fourth-order valence-corrected chi connectivity index (χ4v) is 2.93. The van der Waals surface area contributed by atoms with E-state index in [-0.39, 0.29) is 29.1 Å². The first-order valence-electron chi connectivity index (χ1n) is 8.61. The molecule has 8 heteroatoms. The summed E-state index contributed by atoms with van der Waals surface area (Å²) < 4.78 is 59.6. The molecule has 0 saturated carbocycles. The van der Waals surface area contributed by atoms with Crippen molar-refractivity contribution in [3.63, 3.8) is 0 Å². The van der Waals surface area contributed by atoms with E-state index in [0.29, 0.717) is 17.7 Å². The van der Waals surface area contributed by atoms with Crippen LogP contribution < -0.4 is 19.5 Å². The quantitative estimate of drug-likeness (QED) is 0.645. The molecule has 0 aromatic heterocycles. The molecule has 0 bridgehead atoms. The highest BCUT2D eigenvalue weighted by Crippen LogP contribution is 2.39. The molecule has 2 atom stereocenters. The monoisotopic (exact) mass is 399 g/mol. The average Bonchev–Trinajstić information content (AvgIpc) is 2.68. The summed E-state index contributed by atoms with van der Waals surface area (Å²) in [6.07, 6.45) is -0.508. The van der Waals surface area contributed by atoms with Gasteiger partial charge in [0.25, 0.3) is 0 Å². The highest BCUT2D eigenvalue weighted by molar-refractivity contribution is 5.54. The van der Waals surface area contributed by atoms with E-state index in [1.807, 2.05) is 6.92 Å². The Kier molecular flexibility index (Phi) is 7.95. The molecule has 0 aliphatic rings. The molecule has 0 saturated heterocycles. The van der Waals surface area contributed by atoms with Gasteiger partial charge in [0, 0.05) is 25.3 Å². The maximum Gasteiger partial charge on any atom is 0.387 e. The van der Waals surface area contributed by atoms with Crippen LogP contribution in [0.15, 0.2) is 36.4 Å².